The van der Waals surface area contributed by atoms with Crippen molar-refractivity contribution in [3.8, 4) is 17.2 Å². The Morgan fingerprint density at radius 2 is 1.62 bits per heavy atom. The fourth-order valence-electron chi connectivity index (χ4n) is 4.27. The molecule has 1 atom stereocenters. The second kappa shape index (κ2) is 8.62. The summed E-state index contributed by atoms with van der Waals surface area (Å²) in [4.78, 5) is 2.53. The average Bonchev–Trinajstić information content (AvgIpc) is 3.15. The van der Waals surface area contributed by atoms with Gasteiger partial charge in [-0.2, -0.15) is 0 Å². The number of benzene rings is 2. The molecule has 5 heteroatoms. The summed E-state index contributed by atoms with van der Waals surface area (Å²) in [7, 11) is 5.09. The van der Waals surface area contributed by atoms with Crippen molar-refractivity contribution in [1.29, 1.82) is 0 Å². The molecule has 0 unspecified atom stereocenters. The van der Waals surface area contributed by atoms with E-state index in [1.165, 1.54) is 16.8 Å². The van der Waals surface area contributed by atoms with E-state index in [1.807, 2.05) is 18.2 Å². The maximum atomic E-state index is 5.61. The van der Waals surface area contributed by atoms with Crippen LogP contribution in [0.1, 0.15) is 29.3 Å². The molecular weight excluding hydrogens is 364 g/mol. The van der Waals surface area contributed by atoms with Crippen LogP contribution in [0.4, 0.5) is 0 Å². The molecule has 0 amide bonds. The summed E-state index contributed by atoms with van der Waals surface area (Å²) >= 11 is 0. The molecule has 0 spiro atoms. The van der Waals surface area contributed by atoms with Crippen molar-refractivity contribution in [2.24, 2.45) is 0 Å². The Kier molecular flexibility index (Phi) is 5.76. The van der Waals surface area contributed by atoms with E-state index in [0.29, 0.717) is 0 Å². The first-order chi connectivity index (χ1) is 14.2. The van der Waals surface area contributed by atoms with E-state index in [1.54, 1.807) is 21.3 Å². The Hall–Kier alpha value is -2.92. The summed E-state index contributed by atoms with van der Waals surface area (Å²) in [5.74, 6) is 2.43. The molecule has 1 aliphatic rings. The third kappa shape index (κ3) is 3.83. The third-order valence-electron chi connectivity index (χ3n) is 5.64. The second-order valence-electron chi connectivity index (χ2n) is 7.28. The summed E-state index contributed by atoms with van der Waals surface area (Å²) < 4.78 is 19.0. The first kappa shape index (κ1) is 19.4. The van der Waals surface area contributed by atoms with E-state index in [2.05, 4.69) is 52.1 Å². The van der Waals surface area contributed by atoms with E-state index in [0.717, 1.165) is 43.3 Å². The Morgan fingerprint density at radius 1 is 0.828 bits per heavy atom. The molecule has 2 heterocycles. The molecule has 0 saturated heterocycles. The normalized spacial score (nSPS) is 16.7. The SMILES string of the molecule is COc1ccccc1CN1CCCn2cccc2[C@H]1c1ccc(OC)c(OC)c1. The number of ether oxygens (including phenoxy) is 3. The van der Waals surface area contributed by atoms with Gasteiger partial charge in [0.15, 0.2) is 11.5 Å². The fraction of sp³-hybridized carbons (Fsp3) is 0.333. The molecule has 0 saturated carbocycles. The lowest BCUT2D eigenvalue weighted by molar-refractivity contribution is 0.217. The lowest BCUT2D eigenvalue weighted by Crippen LogP contribution is -2.29. The minimum atomic E-state index is 0.122. The minimum absolute atomic E-state index is 0.122. The van der Waals surface area contributed by atoms with E-state index in [-0.39, 0.29) is 6.04 Å². The molecule has 152 valence electrons. The average molecular weight is 392 g/mol. The fourth-order valence-corrected chi connectivity index (χ4v) is 4.27. The van der Waals surface area contributed by atoms with Gasteiger partial charge in [-0.1, -0.05) is 24.3 Å². The van der Waals surface area contributed by atoms with Crippen LogP contribution >= 0.6 is 0 Å². The highest BCUT2D eigenvalue weighted by molar-refractivity contribution is 5.46. The predicted molar refractivity (Wildman–Crippen MR) is 114 cm³/mol. The molecule has 0 bridgehead atoms. The summed E-state index contributed by atoms with van der Waals surface area (Å²) in [6.45, 7) is 2.83. The Bertz CT molecular complexity index is 966. The van der Waals surface area contributed by atoms with Crippen LogP contribution in [0.5, 0.6) is 17.2 Å². The van der Waals surface area contributed by atoms with Gasteiger partial charge in [0, 0.05) is 37.1 Å². The second-order valence-corrected chi connectivity index (χ2v) is 7.28. The van der Waals surface area contributed by atoms with E-state index >= 15 is 0 Å². The van der Waals surface area contributed by atoms with Gasteiger partial charge in [-0.25, -0.2) is 0 Å². The van der Waals surface area contributed by atoms with Crippen LogP contribution in [0.2, 0.25) is 0 Å². The van der Waals surface area contributed by atoms with Crippen LogP contribution in [0, 0.1) is 0 Å². The Balaban J connectivity index is 1.77. The molecule has 1 aromatic heterocycles. The van der Waals surface area contributed by atoms with Crippen LogP contribution in [-0.2, 0) is 13.1 Å². The van der Waals surface area contributed by atoms with E-state index < -0.39 is 0 Å². The number of nitrogens with zero attached hydrogens (tertiary/aromatic N) is 2. The first-order valence-electron chi connectivity index (χ1n) is 9.98. The highest BCUT2D eigenvalue weighted by Gasteiger charge is 2.28. The standard InChI is InChI=1S/C24H28N2O3/c1-27-21-10-5-4-8-19(21)17-26-15-7-14-25-13-6-9-20(25)24(26)18-11-12-22(28-2)23(16-18)29-3/h4-6,8-13,16,24H,7,14-15,17H2,1-3H3/t24-/m1/s1. The van der Waals surface area contributed by atoms with Crippen molar-refractivity contribution in [3.63, 3.8) is 0 Å². The smallest absolute Gasteiger partial charge is 0.161 e. The van der Waals surface area contributed by atoms with Gasteiger partial charge in [0.1, 0.15) is 5.75 Å². The number of para-hydroxylation sites is 1. The number of aryl methyl sites for hydroxylation is 1. The molecule has 5 nitrogen and oxygen atoms in total. The Morgan fingerprint density at radius 3 is 2.41 bits per heavy atom. The quantitative estimate of drug-likeness (QED) is 0.618. The van der Waals surface area contributed by atoms with Gasteiger partial charge in [0.2, 0.25) is 0 Å². The predicted octanol–water partition coefficient (Wildman–Crippen LogP) is 4.51. The largest absolute Gasteiger partial charge is 0.496 e. The molecule has 0 aliphatic carbocycles. The van der Waals surface area contributed by atoms with Gasteiger partial charge in [0.25, 0.3) is 0 Å². The number of methoxy groups -OCH3 is 3. The van der Waals surface area contributed by atoms with Crippen molar-refractivity contribution in [1.82, 2.24) is 9.47 Å². The molecule has 3 aromatic rings. The van der Waals surface area contributed by atoms with Gasteiger partial charge in [-0.3, -0.25) is 4.90 Å². The molecule has 29 heavy (non-hydrogen) atoms. The van der Waals surface area contributed by atoms with Crippen molar-refractivity contribution >= 4 is 0 Å². The first-order valence-corrected chi connectivity index (χ1v) is 9.98. The maximum absolute atomic E-state index is 5.61. The van der Waals surface area contributed by atoms with E-state index in [4.69, 9.17) is 14.2 Å². The summed E-state index contributed by atoms with van der Waals surface area (Å²) in [6, 6.07) is 19.0. The van der Waals surface area contributed by atoms with Crippen molar-refractivity contribution < 1.29 is 14.2 Å². The zero-order valence-electron chi connectivity index (χ0n) is 17.3. The molecular formula is C24H28N2O3. The number of hydrogen-bond donors (Lipinski definition) is 0. The summed E-state index contributed by atoms with van der Waals surface area (Å²) in [6.07, 6.45) is 3.27. The maximum Gasteiger partial charge on any atom is 0.161 e. The molecule has 2 aromatic carbocycles. The molecule has 1 aliphatic heterocycles. The molecule has 0 fully saturated rings. The van der Waals surface area contributed by atoms with Crippen molar-refractivity contribution in [2.75, 3.05) is 27.9 Å². The highest BCUT2D eigenvalue weighted by Crippen LogP contribution is 2.38. The van der Waals surface area contributed by atoms with Crippen molar-refractivity contribution in [2.45, 2.75) is 25.6 Å². The summed E-state index contributed by atoms with van der Waals surface area (Å²) in [5.41, 5.74) is 3.68. The van der Waals surface area contributed by atoms with Crippen LogP contribution in [-0.4, -0.2) is 37.3 Å². The lowest BCUT2D eigenvalue weighted by atomic mass is 10.00. The van der Waals surface area contributed by atoms with Crippen LogP contribution in [0.3, 0.4) is 0 Å². The number of hydrogen-bond acceptors (Lipinski definition) is 4. The van der Waals surface area contributed by atoms with E-state index in [9.17, 15) is 0 Å². The molecule has 0 N–H and O–H groups in total. The van der Waals surface area contributed by atoms with Gasteiger partial charge >= 0.3 is 0 Å². The zero-order chi connectivity index (χ0) is 20.2. The number of fused-ring (bicyclic) bond motifs is 1. The van der Waals surface area contributed by atoms with Gasteiger partial charge in [0.05, 0.1) is 27.4 Å². The minimum Gasteiger partial charge on any atom is -0.496 e. The topological polar surface area (TPSA) is 35.9 Å². The summed E-state index contributed by atoms with van der Waals surface area (Å²) in [5, 5.41) is 0. The van der Waals surface area contributed by atoms with Crippen molar-refractivity contribution in [3.05, 3.63) is 77.6 Å². The van der Waals surface area contributed by atoms with Crippen LogP contribution in [0.25, 0.3) is 0 Å². The zero-order valence-corrected chi connectivity index (χ0v) is 17.3. The van der Waals surface area contributed by atoms with Gasteiger partial charge < -0.3 is 18.8 Å². The third-order valence-corrected chi connectivity index (χ3v) is 5.64. The van der Waals surface area contributed by atoms with Gasteiger partial charge in [-0.15, -0.1) is 0 Å². The lowest BCUT2D eigenvalue weighted by Gasteiger charge is -2.31. The van der Waals surface area contributed by atoms with Gasteiger partial charge in [-0.05, 0) is 42.3 Å². The van der Waals surface area contributed by atoms with Crippen LogP contribution < -0.4 is 14.2 Å². The number of rotatable bonds is 6. The van der Waals surface area contributed by atoms with Crippen LogP contribution in [0.15, 0.2) is 60.8 Å². The molecule has 0 radical (unpaired) electrons. The highest BCUT2D eigenvalue weighted by atomic mass is 16.5. The monoisotopic (exact) mass is 392 g/mol. The number of aromatic nitrogens is 1. The Labute approximate surface area is 172 Å². The molecule has 4 rings (SSSR count).